The van der Waals surface area contributed by atoms with E-state index in [4.69, 9.17) is 4.74 Å². The van der Waals surface area contributed by atoms with Crippen LogP contribution >= 0.6 is 0 Å². The van der Waals surface area contributed by atoms with E-state index in [1.54, 1.807) is 17.8 Å². The van der Waals surface area contributed by atoms with Crippen molar-refractivity contribution in [2.24, 2.45) is 0 Å². The predicted octanol–water partition coefficient (Wildman–Crippen LogP) is 0.836. The number of hydrogen-bond acceptors (Lipinski definition) is 4. The quantitative estimate of drug-likeness (QED) is 0.627. The summed E-state index contributed by atoms with van der Waals surface area (Å²) in [5.41, 5.74) is 0.720. The summed E-state index contributed by atoms with van der Waals surface area (Å²) in [6.07, 6.45) is 3.17. The molecule has 1 aromatic heterocycles. The average molecular weight is 211 g/mol. The van der Waals surface area contributed by atoms with Gasteiger partial charge in [0, 0.05) is 12.8 Å². The van der Waals surface area contributed by atoms with Crippen LogP contribution in [0.4, 0.5) is 0 Å². The van der Waals surface area contributed by atoms with Gasteiger partial charge in [-0.05, 0) is 13.3 Å². The van der Waals surface area contributed by atoms with Crippen LogP contribution in [0.3, 0.4) is 0 Å². The van der Waals surface area contributed by atoms with E-state index < -0.39 is 0 Å². The summed E-state index contributed by atoms with van der Waals surface area (Å²) < 4.78 is 7.02. The van der Waals surface area contributed by atoms with E-state index in [0.717, 1.165) is 18.7 Å². The highest BCUT2D eigenvalue weighted by Gasteiger charge is 2.02. The SMILES string of the molecule is CCCOCCn1cc(CC(C)=O)nn1. The maximum Gasteiger partial charge on any atom is 0.135 e. The van der Waals surface area contributed by atoms with E-state index in [1.807, 2.05) is 0 Å². The molecule has 84 valence electrons. The monoisotopic (exact) mass is 211 g/mol. The summed E-state index contributed by atoms with van der Waals surface area (Å²) in [6.45, 7) is 5.71. The Morgan fingerprint density at radius 3 is 3.00 bits per heavy atom. The van der Waals surface area contributed by atoms with Crippen molar-refractivity contribution in [1.29, 1.82) is 0 Å². The molecule has 0 saturated carbocycles. The maximum absolute atomic E-state index is 10.8. The van der Waals surface area contributed by atoms with Gasteiger partial charge < -0.3 is 4.74 Å². The number of nitrogens with zero attached hydrogens (tertiary/aromatic N) is 3. The Kier molecular flexibility index (Phi) is 4.97. The smallest absolute Gasteiger partial charge is 0.135 e. The van der Waals surface area contributed by atoms with Gasteiger partial charge in [-0.3, -0.25) is 4.79 Å². The van der Waals surface area contributed by atoms with Crippen molar-refractivity contribution < 1.29 is 9.53 Å². The number of Topliss-reactive ketones (excluding diaryl/α,β-unsaturated/α-hetero) is 1. The molecule has 0 aliphatic rings. The highest BCUT2D eigenvalue weighted by molar-refractivity contribution is 5.77. The highest BCUT2D eigenvalue weighted by atomic mass is 16.5. The fourth-order valence-corrected chi connectivity index (χ4v) is 1.19. The van der Waals surface area contributed by atoms with Crippen LogP contribution in [-0.4, -0.2) is 34.0 Å². The van der Waals surface area contributed by atoms with Crippen molar-refractivity contribution in [3.05, 3.63) is 11.9 Å². The zero-order valence-electron chi connectivity index (χ0n) is 9.27. The molecule has 5 heteroatoms. The lowest BCUT2D eigenvalue weighted by atomic mass is 10.2. The van der Waals surface area contributed by atoms with Gasteiger partial charge in [0.1, 0.15) is 5.78 Å². The Balaban J connectivity index is 2.29. The molecule has 1 rings (SSSR count). The molecule has 0 amide bonds. The van der Waals surface area contributed by atoms with E-state index in [0.29, 0.717) is 19.6 Å². The normalized spacial score (nSPS) is 10.5. The minimum Gasteiger partial charge on any atom is -0.380 e. The number of ether oxygens (including phenoxy) is 1. The third kappa shape index (κ3) is 4.69. The first-order valence-electron chi connectivity index (χ1n) is 5.18. The van der Waals surface area contributed by atoms with Crippen LogP contribution in [0, 0.1) is 0 Å². The lowest BCUT2D eigenvalue weighted by Crippen LogP contribution is -2.07. The van der Waals surface area contributed by atoms with Crippen molar-refractivity contribution in [3.63, 3.8) is 0 Å². The number of hydrogen-bond donors (Lipinski definition) is 0. The lowest BCUT2D eigenvalue weighted by Gasteiger charge is -2.00. The van der Waals surface area contributed by atoms with E-state index in [1.165, 1.54) is 0 Å². The summed E-state index contributed by atoms with van der Waals surface area (Å²) in [7, 11) is 0. The molecule has 1 heterocycles. The molecular formula is C10H17N3O2. The van der Waals surface area contributed by atoms with Crippen molar-refractivity contribution in [2.75, 3.05) is 13.2 Å². The van der Waals surface area contributed by atoms with Gasteiger partial charge in [-0.25, -0.2) is 4.68 Å². The van der Waals surface area contributed by atoms with Gasteiger partial charge >= 0.3 is 0 Å². The van der Waals surface area contributed by atoms with Gasteiger partial charge in [-0.15, -0.1) is 5.10 Å². The Labute approximate surface area is 89.4 Å². The number of carbonyl (C=O) groups excluding carboxylic acids is 1. The summed E-state index contributed by atoms with van der Waals surface area (Å²) in [5.74, 6) is 0.101. The fraction of sp³-hybridized carbons (Fsp3) is 0.700. The topological polar surface area (TPSA) is 57.0 Å². The molecule has 15 heavy (non-hydrogen) atoms. The van der Waals surface area contributed by atoms with Crippen LogP contribution in [0.2, 0.25) is 0 Å². The summed E-state index contributed by atoms with van der Waals surface area (Å²) >= 11 is 0. The zero-order chi connectivity index (χ0) is 11.1. The van der Waals surface area contributed by atoms with Gasteiger partial charge in [0.15, 0.2) is 0 Å². The lowest BCUT2D eigenvalue weighted by molar-refractivity contribution is -0.116. The largest absolute Gasteiger partial charge is 0.380 e. The van der Waals surface area contributed by atoms with Crippen molar-refractivity contribution in [3.8, 4) is 0 Å². The van der Waals surface area contributed by atoms with Gasteiger partial charge in [0.25, 0.3) is 0 Å². The fourth-order valence-electron chi connectivity index (χ4n) is 1.19. The minimum atomic E-state index is 0.101. The number of aromatic nitrogens is 3. The van der Waals surface area contributed by atoms with Gasteiger partial charge in [-0.2, -0.15) is 0 Å². The van der Waals surface area contributed by atoms with Crippen LogP contribution in [-0.2, 0) is 22.5 Å². The molecule has 0 aliphatic heterocycles. The standard InChI is InChI=1S/C10H17N3O2/c1-3-5-15-6-4-13-8-10(11-12-13)7-9(2)14/h8H,3-7H2,1-2H3. The van der Waals surface area contributed by atoms with E-state index >= 15 is 0 Å². The molecule has 1 aromatic rings. The Morgan fingerprint density at radius 1 is 1.53 bits per heavy atom. The third-order valence-corrected chi connectivity index (χ3v) is 1.83. The van der Waals surface area contributed by atoms with Crippen LogP contribution < -0.4 is 0 Å². The molecule has 0 radical (unpaired) electrons. The zero-order valence-corrected chi connectivity index (χ0v) is 9.27. The molecule has 0 atom stereocenters. The van der Waals surface area contributed by atoms with Crippen LogP contribution in [0.25, 0.3) is 0 Å². The minimum absolute atomic E-state index is 0.101. The molecule has 0 bridgehead atoms. The Morgan fingerprint density at radius 2 is 2.33 bits per heavy atom. The molecule has 0 unspecified atom stereocenters. The first kappa shape index (κ1) is 11.8. The molecule has 0 fully saturated rings. The van der Waals surface area contributed by atoms with Gasteiger partial charge in [0.2, 0.25) is 0 Å². The van der Waals surface area contributed by atoms with Crippen molar-refractivity contribution in [1.82, 2.24) is 15.0 Å². The van der Waals surface area contributed by atoms with Crippen LogP contribution in [0.5, 0.6) is 0 Å². The summed E-state index contributed by atoms with van der Waals surface area (Å²) in [4.78, 5) is 10.8. The highest BCUT2D eigenvalue weighted by Crippen LogP contribution is 1.95. The number of carbonyl (C=O) groups is 1. The Bertz CT molecular complexity index is 309. The summed E-state index contributed by atoms with van der Waals surface area (Å²) in [5, 5.41) is 7.79. The Hall–Kier alpha value is -1.23. The van der Waals surface area contributed by atoms with E-state index in [2.05, 4.69) is 17.2 Å². The predicted molar refractivity (Wildman–Crippen MR) is 55.5 cm³/mol. The van der Waals surface area contributed by atoms with Gasteiger partial charge in [0.05, 0.1) is 25.3 Å². The van der Waals surface area contributed by atoms with Crippen LogP contribution in [0.1, 0.15) is 26.0 Å². The second-order valence-electron chi connectivity index (χ2n) is 3.46. The first-order valence-corrected chi connectivity index (χ1v) is 5.18. The molecule has 0 aromatic carbocycles. The van der Waals surface area contributed by atoms with Crippen molar-refractivity contribution in [2.45, 2.75) is 33.2 Å². The van der Waals surface area contributed by atoms with Crippen LogP contribution in [0.15, 0.2) is 6.20 Å². The molecule has 0 spiro atoms. The average Bonchev–Trinajstić information content (AvgIpc) is 2.59. The van der Waals surface area contributed by atoms with Gasteiger partial charge in [-0.1, -0.05) is 12.1 Å². The first-order chi connectivity index (χ1) is 7.22. The second kappa shape index (κ2) is 6.29. The molecule has 0 aliphatic carbocycles. The third-order valence-electron chi connectivity index (χ3n) is 1.83. The number of rotatable bonds is 7. The van der Waals surface area contributed by atoms with E-state index in [9.17, 15) is 4.79 Å². The maximum atomic E-state index is 10.8. The molecular weight excluding hydrogens is 194 g/mol. The molecule has 0 saturated heterocycles. The summed E-state index contributed by atoms with van der Waals surface area (Å²) in [6, 6.07) is 0. The van der Waals surface area contributed by atoms with Crippen molar-refractivity contribution >= 4 is 5.78 Å². The second-order valence-corrected chi connectivity index (χ2v) is 3.46. The number of ketones is 1. The molecule has 5 nitrogen and oxygen atoms in total. The molecule has 0 N–H and O–H groups in total. The van der Waals surface area contributed by atoms with E-state index in [-0.39, 0.29) is 5.78 Å².